The van der Waals surface area contributed by atoms with Crippen LogP contribution in [0.25, 0.3) is 11.1 Å². The Hall–Kier alpha value is -3.44. The fraction of sp³-hybridized carbons (Fsp3) is 0.310. The lowest BCUT2D eigenvalue weighted by molar-refractivity contribution is -0.140. The second kappa shape index (κ2) is 9.07. The highest BCUT2D eigenvalue weighted by Gasteiger charge is 2.51. The van der Waals surface area contributed by atoms with Gasteiger partial charge in [-0.1, -0.05) is 84.0 Å². The molecule has 0 amide bonds. The predicted octanol–water partition coefficient (Wildman–Crippen LogP) is 5.53. The Balaban J connectivity index is 1.28. The zero-order valence-corrected chi connectivity index (χ0v) is 19.2. The molecular weight excluding hydrogens is 426 g/mol. The number of oxime groups is 1. The van der Waals surface area contributed by atoms with Gasteiger partial charge < -0.3 is 15.1 Å². The number of aliphatic hydroxyl groups is 1. The average Bonchev–Trinajstić information content (AvgIpc) is 3.60. The van der Waals surface area contributed by atoms with E-state index in [-0.39, 0.29) is 12.0 Å². The first kappa shape index (κ1) is 22.4. The smallest absolute Gasteiger partial charge is 0.314 e. The standard InChI is InChI=1S/C29H29NO4/c1-19-26(25(31)16-7-20-5-3-2-4-6-20)27(34-30-19)23-10-8-21(9-11-23)22-12-14-24(15-13-22)29(17-18-29)28(32)33/h2-6,8-15,25-27,31H,7,16-18H2,1H3,(H,32,33). The maximum atomic E-state index is 11.6. The number of aliphatic carboxylic acids is 1. The molecule has 3 aromatic rings. The first-order valence-electron chi connectivity index (χ1n) is 11.8. The predicted molar refractivity (Wildman–Crippen MR) is 132 cm³/mol. The fourth-order valence-electron chi connectivity index (χ4n) is 4.97. The number of benzene rings is 3. The zero-order chi connectivity index (χ0) is 23.7. The normalized spacial score (nSPS) is 21.4. The molecule has 1 aliphatic heterocycles. The summed E-state index contributed by atoms with van der Waals surface area (Å²) in [6.45, 7) is 1.91. The topological polar surface area (TPSA) is 79.1 Å². The van der Waals surface area contributed by atoms with Crippen molar-refractivity contribution in [1.82, 2.24) is 0 Å². The molecular formula is C29H29NO4. The quantitative estimate of drug-likeness (QED) is 0.468. The van der Waals surface area contributed by atoms with Crippen molar-refractivity contribution >= 4 is 11.7 Å². The zero-order valence-electron chi connectivity index (χ0n) is 19.2. The maximum Gasteiger partial charge on any atom is 0.314 e. The van der Waals surface area contributed by atoms with Gasteiger partial charge in [0.2, 0.25) is 0 Å². The van der Waals surface area contributed by atoms with Gasteiger partial charge in [0.05, 0.1) is 23.1 Å². The second-order valence-corrected chi connectivity index (χ2v) is 9.46. The van der Waals surface area contributed by atoms with E-state index in [0.717, 1.165) is 34.4 Å². The van der Waals surface area contributed by atoms with Gasteiger partial charge in [0, 0.05) is 0 Å². The molecule has 5 nitrogen and oxygen atoms in total. The molecule has 1 saturated carbocycles. The van der Waals surface area contributed by atoms with Crippen molar-refractivity contribution in [2.45, 2.75) is 50.2 Å². The first-order valence-corrected chi connectivity index (χ1v) is 11.8. The van der Waals surface area contributed by atoms with E-state index in [0.29, 0.717) is 19.3 Å². The molecule has 0 bridgehead atoms. The number of hydrogen-bond acceptors (Lipinski definition) is 4. The van der Waals surface area contributed by atoms with Gasteiger partial charge in [0.1, 0.15) is 0 Å². The maximum absolute atomic E-state index is 11.6. The van der Waals surface area contributed by atoms with Crippen molar-refractivity contribution < 1.29 is 19.8 Å². The molecule has 2 aliphatic rings. The summed E-state index contributed by atoms with van der Waals surface area (Å²) < 4.78 is 0. The van der Waals surface area contributed by atoms with Crippen LogP contribution in [0.3, 0.4) is 0 Å². The third-order valence-corrected chi connectivity index (χ3v) is 7.27. The van der Waals surface area contributed by atoms with Crippen molar-refractivity contribution in [1.29, 1.82) is 0 Å². The monoisotopic (exact) mass is 455 g/mol. The largest absolute Gasteiger partial charge is 0.481 e. The number of hydrogen-bond donors (Lipinski definition) is 2. The van der Waals surface area contributed by atoms with Gasteiger partial charge in [-0.05, 0) is 60.4 Å². The van der Waals surface area contributed by atoms with E-state index >= 15 is 0 Å². The van der Waals surface area contributed by atoms with Crippen LogP contribution in [0.15, 0.2) is 84.0 Å². The summed E-state index contributed by atoms with van der Waals surface area (Å²) >= 11 is 0. The lowest BCUT2D eigenvalue weighted by Crippen LogP contribution is -2.29. The van der Waals surface area contributed by atoms with Gasteiger partial charge in [-0.2, -0.15) is 0 Å². The van der Waals surface area contributed by atoms with Crippen LogP contribution in [-0.4, -0.2) is 28.0 Å². The molecule has 2 N–H and O–H groups in total. The Bertz CT molecular complexity index is 1180. The highest BCUT2D eigenvalue weighted by molar-refractivity contribution is 5.86. The molecule has 1 fully saturated rings. The number of carbonyl (C=O) groups is 1. The van der Waals surface area contributed by atoms with Crippen molar-refractivity contribution in [3.8, 4) is 11.1 Å². The third kappa shape index (κ3) is 4.24. The van der Waals surface area contributed by atoms with Gasteiger partial charge >= 0.3 is 5.97 Å². The SMILES string of the molecule is CC1=NOC(c2ccc(-c3ccc(C4(C(=O)O)CC4)cc3)cc2)C1C(O)CCc1ccccc1. The summed E-state index contributed by atoms with van der Waals surface area (Å²) in [5.74, 6) is -0.918. The van der Waals surface area contributed by atoms with E-state index in [1.165, 1.54) is 5.56 Å². The van der Waals surface area contributed by atoms with Gasteiger partial charge in [0.15, 0.2) is 6.10 Å². The second-order valence-electron chi connectivity index (χ2n) is 9.46. The Morgan fingerprint density at radius 3 is 2.21 bits per heavy atom. The van der Waals surface area contributed by atoms with Gasteiger partial charge in [-0.25, -0.2) is 0 Å². The summed E-state index contributed by atoms with van der Waals surface area (Å²) in [6, 6.07) is 26.2. The van der Waals surface area contributed by atoms with Crippen LogP contribution in [0.1, 0.15) is 49.0 Å². The molecule has 5 rings (SSSR count). The van der Waals surface area contributed by atoms with Crippen molar-refractivity contribution in [2.24, 2.45) is 11.1 Å². The van der Waals surface area contributed by atoms with Crippen LogP contribution in [-0.2, 0) is 21.5 Å². The van der Waals surface area contributed by atoms with E-state index in [1.807, 2.05) is 73.7 Å². The molecule has 0 saturated heterocycles. The summed E-state index contributed by atoms with van der Waals surface area (Å²) in [5, 5.41) is 24.7. The highest BCUT2D eigenvalue weighted by Crippen LogP contribution is 2.48. The van der Waals surface area contributed by atoms with E-state index in [1.54, 1.807) is 0 Å². The molecule has 0 aromatic heterocycles. The minimum absolute atomic E-state index is 0.181. The minimum atomic E-state index is -0.737. The first-order chi connectivity index (χ1) is 16.5. The van der Waals surface area contributed by atoms with Crippen LogP contribution >= 0.6 is 0 Å². The molecule has 0 radical (unpaired) electrons. The minimum Gasteiger partial charge on any atom is -0.481 e. The summed E-state index contributed by atoms with van der Waals surface area (Å²) in [6.07, 6.45) is 2.00. The molecule has 34 heavy (non-hydrogen) atoms. The molecule has 3 atom stereocenters. The summed E-state index contributed by atoms with van der Waals surface area (Å²) in [7, 11) is 0. The third-order valence-electron chi connectivity index (χ3n) is 7.27. The number of aliphatic hydroxyl groups excluding tert-OH is 1. The number of carboxylic acid groups (broad SMARTS) is 1. The van der Waals surface area contributed by atoms with Crippen LogP contribution in [0.2, 0.25) is 0 Å². The van der Waals surface area contributed by atoms with Gasteiger partial charge in [-0.15, -0.1) is 0 Å². The average molecular weight is 456 g/mol. The van der Waals surface area contributed by atoms with Crippen molar-refractivity contribution in [3.63, 3.8) is 0 Å². The molecule has 5 heteroatoms. The van der Waals surface area contributed by atoms with Crippen LogP contribution in [0.5, 0.6) is 0 Å². The Morgan fingerprint density at radius 2 is 1.62 bits per heavy atom. The highest BCUT2D eigenvalue weighted by atomic mass is 16.6. The fourth-order valence-corrected chi connectivity index (χ4v) is 4.97. The van der Waals surface area contributed by atoms with Crippen LogP contribution < -0.4 is 0 Å². The van der Waals surface area contributed by atoms with Gasteiger partial charge in [-0.3, -0.25) is 4.79 Å². The molecule has 174 valence electrons. The van der Waals surface area contributed by atoms with Gasteiger partial charge in [0.25, 0.3) is 0 Å². The van der Waals surface area contributed by atoms with E-state index in [9.17, 15) is 15.0 Å². The lowest BCUT2D eigenvalue weighted by atomic mass is 9.85. The van der Waals surface area contributed by atoms with Crippen molar-refractivity contribution in [3.05, 3.63) is 95.6 Å². The molecule has 3 unspecified atom stereocenters. The van der Waals surface area contributed by atoms with Crippen molar-refractivity contribution in [2.75, 3.05) is 0 Å². The lowest BCUT2D eigenvalue weighted by Gasteiger charge is -2.23. The summed E-state index contributed by atoms with van der Waals surface area (Å²) in [4.78, 5) is 17.3. The number of aryl methyl sites for hydroxylation is 1. The molecule has 3 aromatic carbocycles. The Morgan fingerprint density at radius 1 is 1.00 bits per heavy atom. The molecule has 1 aliphatic carbocycles. The van der Waals surface area contributed by atoms with E-state index in [2.05, 4.69) is 17.3 Å². The van der Waals surface area contributed by atoms with Crippen LogP contribution in [0, 0.1) is 5.92 Å². The Labute approximate surface area is 199 Å². The molecule has 0 spiro atoms. The number of rotatable bonds is 8. The van der Waals surface area contributed by atoms with E-state index in [4.69, 9.17) is 4.84 Å². The number of nitrogens with zero attached hydrogens (tertiary/aromatic N) is 1. The Kier molecular flexibility index (Phi) is 5.96. The van der Waals surface area contributed by atoms with Crippen LogP contribution in [0.4, 0.5) is 0 Å². The molecule has 1 heterocycles. The summed E-state index contributed by atoms with van der Waals surface area (Å²) in [5.41, 5.74) is 5.28. The van der Waals surface area contributed by atoms with E-state index < -0.39 is 17.5 Å². The number of carboxylic acids is 1.